The molecule has 1 fully saturated rings. The van der Waals surface area contributed by atoms with Crippen LogP contribution in [0, 0.1) is 0 Å². The minimum Gasteiger partial charge on any atom is -0.507 e. The van der Waals surface area contributed by atoms with Crippen LogP contribution in [0.3, 0.4) is 0 Å². The van der Waals surface area contributed by atoms with Crippen LogP contribution in [0.4, 0.5) is 0 Å². The topological polar surface area (TPSA) is 134 Å². The maximum atomic E-state index is 11.6. The van der Waals surface area contributed by atoms with Crippen molar-refractivity contribution in [2.75, 3.05) is 13.1 Å². The van der Waals surface area contributed by atoms with Gasteiger partial charge in [0.25, 0.3) is 5.91 Å². The van der Waals surface area contributed by atoms with Crippen molar-refractivity contribution in [3.8, 4) is 5.75 Å². The van der Waals surface area contributed by atoms with Gasteiger partial charge in [0, 0.05) is 25.2 Å². The molecular formula is C20H21N5O4. The Balaban J connectivity index is 1.57. The molecule has 2 aromatic heterocycles. The van der Waals surface area contributed by atoms with Crippen LogP contribution < -0.4 is 5.73 Å². The first kappa shape index (κ1) is 18.9. The number of amides is 1. The number of primary amides is 1. The average molecular weight is 395 g/mol. The van der Waals surface area contributed by atoms with Crippen molar-refractivity contribution < 1.29 is 19.8 Å². The third kappa shape index (κ3) is 3.64. The summed E-state index contributed by atoms with van der Waals surface area (Å²) in [5.41, 5.74) is 7.85. The third-order valence-electron chi connectivity index (χ3n) is 5.32. The summed E-state index contributed by atoms with van der Waals surface area (Å²) in [6, 6.07) is 6.57. The van der Waals surface area contributed by atoms with E-state index in [1.54, 1.807) is 16.8 Å². The SMILES string of the molecule is NC(=O)c1cnn2c(C3CCCN(Cc4ccc(O)c(C(=O)O)c4)C3)ccnc12. The first-order valence-corrected chi connectivity index (χ1v) is 9.34. The lowest BCUT2D eigenvalue weighted by Gasteiger charge is -2.33. The molecule has 3 heterocycles. The van der Waals surface area contributed by atoms with Gasteiger partial charge in [0.1, 0.15) is 16.9 Å². The Bertz CT molecular complexity index is 1090. The highest BCUT2D eigenvalue weighted by Gasteiger charge is 2.25. The Morgan fingerprint density at radius 3 is 2.83 bits per heavy atom. The number of fused-ring (bicyclic) bond motifs is 1. The second-order valence-electron chi connectivity index (χ2n) is 7.26. The maximum Gasteiger partial charge on any atom is 0.339 e. The van der Waals surface area contributed by atoms with Crippen LogP contribution in [0.5, 0.6) is 5.75 Å². The van der Waals surface area contributed by atoms with E-state index in [2.05, 4.69) is 15.0 Å². The number of likely N-dealkylation sites (tertiary alicyclic amines) is 1. The summed E-state index contributed by atoms with van der Waals surface area (Å²) in [7, 11) is 0. The standard InChI is InChI=1S/C20H21N5O4/c21-18(27)15-9-23-25-16(5-6-22-19(15)25)13-2-1-7-24(11-13)10-12-3-4-17(26)14(8-12)20(28)29/h3-6,8-9,13,26H,1-2,7,10-11H2,(H2,21,27)(H,28,29). The van der Waals surface area contributed by atoms with Crippen molar-refractivity contribution in [2.24, 2.45) is 5.73 Å². The molecule has 0 spiro atoms. The van der Waals surface area contributed by atoms with Crippen LogP contribution in [-0.2, 0) is 6.54 Å². The molecule has 9 heteroatoms. The van der Waals surface area contributed by atoms with Crippen LogP contribution >= 0.6 is 0 Å². The number of carbonyl (C=O) groups is 2. The van der Waals surface area contributed by atoms with Crippen molar-refractivity contribution in [1.82, 2.24) is 19.5 Å². The summed E-state index contributed by atoms with van der Waals surface area (Å²) in [5.74, 6) is -1.76. The number of benzene rings is 1. The first-order chi connectivity index (χ1) is 13.9. The number of nitrogens with zero attached hydrogens (tertiary/aromatic N) is 4. The van der Waals surface area contributed by atoms with Crippen molar-refractivity contribution in [3.63, 3.8) is 0 Å². The molecule has 3 aromatic rings. The molecule has 0 aliphatic carbocycles. The van der Waals surface area contributed by atoms with Crippen LogP contribution in [0.25, 0.3) is 5.65 Å². The van der Waals surface area contributed by atoms with Crippen molar-refractivity contribution in [1.29, 1.82) is 0 Å². The van der Waals surface area contributed by atoms with Crippen LogP contribution in [0.15, 0.2) is 36.7 Å². The average Bonchev–Trinajstić information content (AvgIpc) is 3.14. The van der Waals surface area contributed by atoms with E-state index in [4.69, 9.17) is 5.73 Å². The first-order valence-electron chi connectivity index (χ1n) is 9.34. The highest BCUT2D eigenvalue weighted by Crippen LogP contribution is 2.29. The molecule has 1 aliphatic rings. The predicted octanol–water partition coefficient (Wildman–Crippen LogP) is 1.61. The van der Waals surface area contributed by atoms with E-state index >= 15 is 0 Å². The molecule has 0 saturated carbocycles. The van der Waals surface area contributed by atoms with Gasteiger partial charge in [-0.15, -0.1) is 0 Å². The Morgan fingerprint density at radius 2 is 2.07 bits per heavy atom. The third-order valence-corrected chi connectivity index (χ3v) is 5.32. The molecule has 1 saturated heterocycles. The van der Waals surface area contributed by atoms with Gasteiger partial charge < -0.3 is 15.9 Å². The highest BCUT2D eigenvalue weighted by molar-refractivity contribution is 5.98. The van der Waals surface area contributed by atoms with Crippen molar-refractivity contribution in [2.45, 2.75) is 25.3 Å². The number of hydrogen-bond donors (Lipinski definition) is 3. The number of aromatic nitrogens is 3. The summed E-state index contributed by atoms with van der Waals surface area (Å²) in [6.45, 7) is 2.23. The van der Waals surface area contributed by atoms with E-state index in [0.29, 0.717) is 17.8 Å². The van der Waals surface area contributed by atoms with E-state index in [1.165, 1.54) is 18.3 Å². The van der Waals surface area contributed by atoms with Gasteiger partial charge >= 0.3 is 5.97 Å². The fourth-order valence-corrected chi connectivity index (χ4v) is 3.94. The van der Waals surface area contributed by atoms with Gasteiger partial charge in [-0.1, -0.05) is 6.07 Å². The number of aromatic hydroxyl groups is 1. The molecule has 1 atom stereocenters. The summed E-state index contributed by atoms with van der Waals surface area (Å²) in [5, 5.41) is 23.2. The highest BCUT2D eigenvalue weighted by atomic mass is 16.4. The van der Waals surface area contributed by atoms with Gasteiger partial charge in [0.15, 0.2) is 5.65 Å². The molecule has 0 bridgehead atoms. The molecule has 1 unspecified atom stereocenters. The lowest BCUT2D eigenvalue weighted by molar-refractivity contribution is 0.0693. The largest absolute Gasteiger partial charge is 0.507 e. The molecule has 4 N–H and O–H groups in total. The maximum absolute atomic E-state index is 11.6. The zero-order valence-electron chi connectivity index (χ0n) is 15.7. The van der Waals surface area contributed by atoms with Crippen LogP contribution in [0.2, 0.25) is 0 Å². The fourth-order valence-electron chi connectivity index (χ4n) is 3.94. The predicted molar refractivity (Wildman–Crippen MR) is 104 cm³/mol. The second kappa shape index (κ2) is 7.51. The molecule has 9 nitrogen and oxygen atoms in total. The fraction of sp³-hybridized carbons (Fsp3) is 0.300. The molecular weight excluding hydrogens is 374 g/mol. The summed E-state index contributed by atoms with van der Waals surface area (Å²) in [6.07, 6.45) is 5.05. The number of rotatable bonds is 5. The number of aromatic carboxylic acids is 1. The van der Waals surface area contributed by atoms with Crippen molar-refractivity contribution >= 4 is 17.5 Å². The Kier molecular flexibility index (Phi) is 4.89. The Morgan fingerprint density at radius 1 is 1.24 bits per heavy atom. The number of piperidine rings is 1. The summed E-state index contributed by atoms with van der Waals surface area (Å²) < 4.78 is 1.68. The second-order valence-corrected chi connectivity index (χ2v) is 7.26. The van der Waals surface area contributed by atoms with Gasteiger partial charge in [-0.2, -0.15) is 5.10 Å². The Labute approximate surface area is 166 Å². The zero-order chi connectivity index (χ0) is 20.5. The van der Waals surface area contributed by atoms with E-state index in [0.717, 1.165) is 37.2 Å². The van der Waals surface area contributed by atoms with Gasteiger partial charge in [-0.3, -0.25) is 9.69 Å². The number of carboxylic acids is 1. The van der Waals surface area contributed by atoms with Crippen molar-refractivity contribution in [3.05, 3.63) is 59.0 Å². The normalized spacial score (nSPS) is 17.4. The van der Waals surface area contributed by atoms with Gasteiger partial charge in [-0.25, -0.2) is 14.3 Å². The molecule has 29 heavy (non-hydrogen) atoms. The number of phenols is 1. The molecule has 1 aromatic carbocycles. The minimum atomic E-state index is -1.15. The van der Waals surface area contributed by atoms with Crippen LogP contribution in [-0.4, -0.2) is 54.7 Å². The minimum absolute atomic E-state index is 0.0950. The lowest BCUT2D eigenvalue weighted by atomic mass is 9.94. The lowest BCUT2D eigenvalue weighted by Crippen LogP contribution is -2.34. The monoisotopic (exact) mass is 395 g/mol. The van der Waals surface area contributed by atoms with Gasteiger partial charge in [-0.05, 0) is 43.1 Å². The molecule has 1 aliphatic heterocycles. The smallest absolute Gasteiger partial charge is 0.339 e. The number of hydrogen-bond acceptors (Lipinski definition) is 6. The summed E-state index contributed by atoms with van der Waals surface area (Å²) >= 11 is 0. The number of nitrogens with two attached hydrogens (primary N) is 1. The van der Waals surface area contributed by atoms with E-state index in [9.17, 15) is 19.8 Å². The molecule has 0 radical (unpaired) electrons. The van der Waals surface area contributed by atoms with E-state index in [1.807, 2.05) is 6.07 Å². The quantitative estimate of drug-likeness (QED) is 0.597. The Hall–Kier alpha value is -3.46. The van der Waals surface area contributed by atoms with Gasteiger partial charge in [0.2, 0.25) is 0 Å². The number of carbonyl (C=O) groups excluding carboxylic acids is 1. The van der Waals surface area contributed by atoms with Gasteiger partial charge in [0.05, 0.1) is 11.9 Å². The van der Waals surface area contributed by atoms with Crippen LogP contribution in [0.1, 0.15) is 50.7 Å². The number of carboxylic acid groups (broad SMARTS) is 1. The van der Waals surface area contributed by atoms with E-state index in [-0.39, 0.29) is 17.2 Å². The molecule has 4 rings (SSSR count). The molecule has 1 amide bonds. The summed E-state index contributed by atoms with van der Waals surface area (Å²) in [4.78, 5) is 29.3. The zero-order valence-corrected chi connectivity index (χ0v) is 15.7. The molecule has 150 valence electrons. The van der Waals surface area contributed by atoms with E-state index < -0.39 is 11.9 Å².